The quantitative estimate of drug-likeness (QED) is 0.693. The van der Waals surface area contributed by atoms with E-state index in [9.17, 15) is 19.1 Å². The maximum atomic E-state index is 13.8. The Hall–Kier alpha value is -3.61. The molecule has 0 saturated heterocycles. The molecule has 0 aliphatic carbocycles. The molecular weight excluding hydrogens is 329 g/mol. The normalized spacial score (nSPS) is 11.3. The highest BCUT2D eigenvalue weighted by molar-refractivity contribution is 6.01. The zero-order valence-electron chi connectivity index (χ0n) is 12.7. The Morgan fingerprint density at radius 2 is 1.88 bits per heavy atom. The van der Waals surface area contributed by atoms with Crippen molar-refractivity contribution in [2.45, 2.75) is 0 Å². The van der Waals surface area contributed by atoms with Crippen molar-refractivity contribution >= 4 is 18.0 Å². The molecule has 0 radical (unpaired) electrons. The van der Waals surface area contributed by atoms with Gasteiger partial charge < -0.3 is 19.3 Å². The largest absolute Gasteiger partial charge is 0.477 e. The van der Waals surface area contributed by atoms with Gasteiger partial charge in [-0.25, -0.2) is 9.18 Å². The fourth-order valence-electron chi connectivity index (χ4n) is 2.12. The topological polar surface area (TPSA) is 92.7 Å². The zero-order valence-corrected chi connectivity index (χ0v) is 12.7. The van der Waals surface area contributed by atoms with Crippen molar-refractivity contribution in [1.29, 1.82) is 0 Å². The Labute approximate surface area is 141 Å². The second-order valence-corrected chi connectivity index (χ2v) is 4.98. The third kappa shape index (κ3) is 3.66. The molecule has 2 heterocycles. The number of benzene rings is 1. The molecule has 0 fully saturated rings. The smallest absolute Gasteiger partial charge is 0.352 e. The Kier molecular flexibility index (Phi) is 4.47. The minimum absolute atomic E-state index is 0.0290. The second-order valence-electron chi connectivity index (χ2n) is 4.98. The van der Waals surface area contributed by atoms with Crippen molar-refractivity contribution in [3.8, 4) is 11.3 Å². The minimum atomic E-state index is -1.36. The van der Waals surface area contributed by atoms with E-state index in [2.05, 4.69) is 5.32 Å². The molecule has 0 atom stereocenters. The van der Waals surface area contributed by atoms with Crippen molar-refractivity contribution < 1.29 is 27.9 Å². The van der Waals surface area contributed by atoms with E-state index in [1.807, 2.05) is 0 Å². The molecule has 6 nitrogen and oxygen atoms in total. The third-order valence-electron chi connectivity index (χ3n) is 3.28. The van der Waals surface area contributed by atoms with Gasteiger partial charge in [-0.05, 0) is 36.4 Å². The summed E-state index contributed by atoms with van der Waals surface area (Å²) in [6.45, 7) is 0. The Morgan fingerprint density at radius 1 is 1.08 bits per heavy atom. The highest BCUT2D eigenvalue weighted by Gasteiger charge is 2.16. The van der Waals surface area contributed by atoms with Gasteiger partial charge in [0.2, 0.25) is 0 Å². The molecule has 7 heteroatoms. The van der Waals surface area contributed by atoms with Crippen LogP contribution in [0.3, 0.4) is 0 Å². The Balaban J connectivity index is 1.85. The first kappa shape index (κ1) is 16.3. The standard InChI is InChI=1S/C18H12FNO5/c19-13-5-2-1-4-12(13)15-8-7-11(25-15)10-14(18(22)23)20-17(21)16-6-3-9-24-16/h1-10H,(H,20,21)(H,22,23)/b14-10-. The molecule has 0 saturated carbocycles. The summed E-state index contributed by atoms with van der Waals surface area (Å²) in [6, 6.07) is 11.9. The molecule has 0 aliphatic rings. The van der Waals surface area contributed by atoms with Crippen LogP contribution in [0.25, 0.3) is 17.4 Å². The van der Waals surface area contributed by atoms with Crippen molar-refractivity contribution in [2.75, 3.05) is 0 Å². The van der Waals surface area contributed by atoms with Crippen LogP contribution in [-0.4, -0.2) is 17.0 Å². The summed E-state index contributed by atoms with van der Waals surface area (Å²) < 4.78 is 24.1. The summed E-state index contributed by atoms with van der Waals surface area (Å²) >= 11 is 0. The van der Waals surface area contributed by atoms with E-state index in [-0.39, 0.29) is 22.8 Å². The third-order valence-corrected chi connectivity index (χ3v) is 3.28. The molecule has 2 aromatic heterocycles. The fraction of sp³-hybridized carbons (Fsp3) is 0. The number of nitrogens with one attached hydrogen (secondary N) is 1. The van der Waals surface area contributed by atoms with Crippen LogP contribution in [-0.2, 0) is 4.79 Å². The lowest BCUT2D eigenvalue weighted by Crippen LogP contribution is -2.26. The van der Waals surface area contributed by atoms with Gasteiger partial charge in [-0.1, -0.05) is 12.1 Å². The van der Waals surface area contributed by atoms with E-state index >= 15 is 0 Å². The number of rotatable bonds is 5. The number of carbonyl (C=O) groups excluding carboxylic acids is 1. The average Bonchev–Trinajstić information content (AvgIpc) is 3.26. The van der Waals surface area contributed by atoms with E-state index in [0.29, 0.717) is 0 Å². The number of furan rings is 2. The first-order valence-electron chi connectivity index (χ1n) is 7.19. The molecule has 0 bridgehead atoms. The fourth-order valence-corrected chi connectivity index (χ4v) is 2.12. The van der Waals surface area contributed by atoms with Gasteiger partial charge in [0.05, 0.1) is 11.8 Å². The van der Waals surface area contributed by atoms with Crippen LogP contribution in [0.1, 0.15) is 16.3 Å². The van der Waals surface area contributed by atoms with Crippen molar-refractivity contribution in [3.05, 3.63) is 77.8 Å². The molecule has 3 rings (SSSR count). The maximum Gasteiger partial charge on any atom is 0.352 e. The molecule has 0 unspecified atom stereocenters. The van der Waals surface area contributed by atoms with Gasteiger partial charge in [0, 0.05) is 6.08 Å². The van der Waals surface area contributed by atoms with E-state index < -0.39 is 23.4 Å². The minimum Gasteiger partial charge on any atom is -0.477 e. The van der Waals surface area contributed by atoms with Crippen LogP contribution in [0.15, 0.2) is 69.3 Å². The Bertz CT molecular complexity index is 940. The van der Waals surface area contributed by atoms with Crippen LogP contribution in [0.4, 0.5) is 4.39 Å². The lowest BCUT2D eigenvalue weighted by molar-refractivity contribution is -0.132. The summed E-state index contributed by atoms with van der Waals surface area (Å²) in [5.74, 6) is -2.17. The number of aliphatic carboxylic acids is 1. The number of carboxylic acid groups (broad SMARTS) is 1. The highest BCUT2D eigenvalue weighted by atomic mass is 19.1. The molecule has 0 spiro atoms. The molecule has 3 aromatic rings. The zero-order chi connectivity index (χ0) is 17.8. The van der Waals surface area contributed by atoms with Gasteiger partial charge in [0.1, 0.15) is 23.0 Å². The first-order chi connectivity index (χ1) is 12.0. The highest BCUT2D eigenvalue weighted by Crippen LogP contribution is 2.25. The number of halogens is 1. The van der Waals surface area contributed by atoms with E-state index in [1.165, 1.54) is 36.6 Å². The van der Waals surface area contributed by atoms with Gasteiger partial charge in [0.15, 0.2) is 5.76 Å². The Morgan fingerprint density at radius 3 is 2.56 bits per heavy atom. The van der Waals surface area contributed by atoms with Crippen LogP contribution in [0.2, 0.25) is 0 Å². The molecule has 25 heavy (non-hydrogen) atoms. The summed E-state index contributed by atoms with van der Waals surface area (Å²) in [4.78, 5) is 23.2. The van der Waals surface area contributed by atoms with E-state index in [0.717, 1.165) is 6.08 Å². The lowest BCUT2D eigenvalue weighted by Gasteiger charge is -2.03. The van der Waals surface area contributed by atoms with Crippen LogP contribution in [0, 0.1) is 5.82 Å². The molecular formula is C18H12FNO5. The number of carboxylic acids is 1. The van der Waals surface area contributed by atoms with E-state index in [4.69, 9.17) is 8.83 Å². The molecule has 1 amide bonds. The number of amides is 1. The predicted octanol–water partition coefficient (Wildman–Crippen LogP) is 3.53. The number of hydrogen-bond donors (Lipinski definition) is 2. The monoisotopic (exact) mass is 341 g/mol. The second kappa shape index (κ2) is 6.88. The summed E-state index contributed by atoms with van der Waals surface area (Å²) in [5.41, 5.74) is -0.158. The van der Waals surface area contributed by atoms with Gasteiger partial charge in [0.25, 0.3) is 5.91 Å². The lowest BCUT2D eigenvalue weighted by atomic mass is 10.1. The summed E-state index contributed by atoms with van der Waals surface area (Å²) in [7, 11) is 0. The molecule has 0 aliphatic heterocycles. The predicted molar refractivity (Wildman–Crippen MR) is 85.9 cm³/mol. The summed E-state index contributed by atoms with van der Waals surface area (Å²) in [5, 5.41) is 11.5. The van der Waals surface area contributed by atoms with Gasteiger partial charge >= 0.3 is 5.97 Å². The van der Waals surface area contributed by atoms with Crippen molar-refractivity contribution in [3.63, 3.8) is 0 Å². The van der Waals surface area contributed by atoms with Crippen LogP contribution < -0.4 is 5.32 Å². The van der Waals surface area contributed by atoms with Crippen LogP contribution in [0.5, 0.6) is 0 Å². The van der Waals surface area contributed by atoms with Gasteiger partial charge in [-0.2, -0.15) is 0 Å². The van der Waals surface area contributed by atoms with Crippen LogP contribution >= 0.6 is 0 Å². The van der Waals surface area contributed by atoms with Crippen molar-refractivity contribution in [2.24, 2.45) is 0 Å². The first-order valence-corrected chi connectivity index (χ1v) is 7.19. The van der Waals surface area contributed by atoms with Gasteiger partial charge in [-0.3, -0.25) is 4.79 Å². The average molecular weight is 341 g/mol. The number of carbonyl (C=O) groups is 2. The maximum absolute atomic E-state index is 13.8. The van der Waals surface area contributed by atoms with E-state index in [1.54, 1.807) is 18.2 Å². The van der Waals surface area contributed by atoms with Crippen molar-refractivity contribution in [1.82, 2.24) is 5.32 Å². The molecule has 126 valence electrons. The summed E-state index contributed by atoms with van der Waals surface area (Å²) in [6.07, 6.45) is 2.43. The SMILES string of the molecule is O=C(O)/C(=C/c1ccc(-c2ccccc2F)o1)NC(=O)c1ccco1. The molecule has 1 aromatic carbocycles. The van der Waals surface area contributed by atoms with Gasteiger partial charge in [-0.15, -0.1) is 0 Å². The number of hydrogen-bond acceptors (Lipinski definition) is 4. The molecule has 2 N–H and O–H groups in total.